The van der Waals surface area contributed by atoms with E-state index in [0.29, 0.717) is 12.8 Å². The van der Waals surface area contributed by atoms with Crippen LogP contribution >= 0.6 is 11.3 Å². The number of hydrogen-bond donors (Lipinski definition) is 1. The molecule has 1 aromatic heterocycles. The summed E-state index contributed by atoms with van der Waals surface area (Å²) in [6.45, 7) is 1.96. The number of rotatable bonds is 1. The lowest BCUT2D eigenvalue weighted by Crippen LogP contribution is -2.46. The smallest absolute Gasteiger partial charge is 0.140 e. The highest BCUT2D eigenvalue weighted by atomic mass is 32.1. The second-order valence-electron chi connectivity index (χ2n) is 3.52. The molecule has 0 spiro atoms. The molecule has 1 fully saturated rings. The third-order valence-electron chi connectivity index (χ3n) is 2.51. The summed E-state index contributed by atoms with van der Waals surface area (Å²) in [5, 5.41) is 1.94. The minimum atomic E-state index is -1.11. The molecule has 2 rings (SSSR count). The number of aryl methyl sites for hydroxylation is 1. The average molecular weight is 185 g/mol. The fourth-order valence-electron chi connectivity index (χ4n) is 1.84. The Morgan fingerprint density at radius 3 is 2.75 bits per heavy atom. The zero-order valence-corrected chi connectivity index (χ0v) is 7.83. The van der Waals surface area contributed by atoms with E-state index in [1.165, 1.54) is 0 Å². The largest absolute Gasteiger partial charge is 0.327 e. The summed E-state index contributed by atoms with van der Waals surface area (Å²) in [4.78, 5) is 1.09. The first-order valence-corrected chi connectivity index (χ1v) is 4.99. The van der Waals surface area contributed by atoms with E-state index in [0.717, 1.165) is 10.4 Å². The number of nitrogens with two attached hydrogens (primary N) is 1. The molecule has 1 nitrogen and oxygen atoms in total. The lowest BCUT2D eigenvalue weighted by molar-refractivity contribution is 0.0404. The van der Waals surface area contributed by atoms with Crippen molar-refractivity contribution in [3.05, 3.63) is 21.9 Å². The van der Waals surface area contributed by atoms with Gasteiger partial charge in [0.2, 0.25) is 0 Å². The van der Waals surface area contributed by atoms with E-state index in [2.05, 4.69) is 0 Å². The van der Waals surface area contributed by atoms with Gasteiger partial charge >= 0.3 is 0 Å². The summed E-state index contributed by atoms with van der Waals surface area (Å²) in [6, 6.07) is 1.94. The van der Waals surface area contributed by atoms with Crippen LogP contribution in [-0.2, 0) is 5.67 Å². The maximum atomic E-state index is 13.9. The number of thiophene rings is 1. The molecular weight excluding hydrogens is 173 g/mol. The van der Waals surface area contributed by atoms with Gasteiger partial charge in [-0.15, -0.1) is 11.3 Å². The molecule has 0 saturated heterocycles. The zero-order chi connectivity index (χ0) is 8.77. The predicted octanol–water partition coefficient (Wildman–Crippen LogP) is 2.34. The van der Waals surface area contributed by atoms with Gasteiger partial charge in [0.1, 0.15) is 5.67 Å². The summed E-state index contributed by atoms with van der Waals surface area (Å²) in [5.74, 6) is 0. The fourth-order valence-corrected chi connectivity index (χ4v) is 2.63. The SMILES string of the molecule is Cc1sccc1C1(F)CC(N)C1. The lowest BCUT2D eigenvalue weighted by atomic mass is 9.73. The molecule has 0 bridgehead atoms. The molecule has 1 aromatic rings. The maximum absolute atomic E-state index is 13.9. The molecule has 0 unspecified atom stereocenters. The summed E-state index contributed by atoms with van der Waals surface area (Å²) in [6.07, 6.45) is 0.981. The maximum Gasteiger partial charge on any atom is 0.140 e. The molecule has 1 aliphatic rings. The van der Waals surface area contributed by atoms with Gasteiger partial charge in [-0.05, 0) is 18.4 Å². The van der Waals surface area contributed by atoms with E-state index in [4.69, 9.17) is 5.73 Å². The highest BCUT2D eigenvalue weighted by Gasteiger charge is 2.45. The monoisotopic (exact) mass is 185 g/mol. The van der Waals surface area contributed by atoms with E-state index in [9.17, 15) is 4.39 Å². The van der Waals surface area contributed by atoms with Crippen molar-refractivity contribution >= 4 is 11.3 Å². The van der Waals surface area contributed by atoms with Crippen LogP contribution in [0.4, 0.5) is 4.39 Å². The van der Waals surface area contributed by atoms with Gasteiger partial charge < -0.3 is 5.73 Å². The Labute approximate surface area is 75.4 Å². The van der Waals surface area contributed by atoms with Crippen molar-refractivity contribution < 1.29 is 4.39 Å². The summed E-state index contributed by atoms with van der Waals surface area (Å²) >= 11 is 1.60. The van der Waals surface area contributed by atoms with Crippen LogP contribution in [0.25, 0.3) is 0 Å². The number of alkyl halides is 1. The van der Waals surface area contributed by atoms with Gasteiger partial charge in [-0.3, -0.25) is 0 Å². The Balaban J connectivity index is 2.26. The Morgan fingerprint density at radius 2 is 2.33 bits per heavy atom. The molecule has 66 valence electrons. The van der Waals surface area contributed by atoms with Gasteiger partial charge in [0.05, 0.1) is 0 Å². The van der Waals surface area contributed by atoms with Crippen LogP contribution in [0.1, 0.15) is 23.3 Å². The molecule has 0 aromatic carbocycles. The van der Waals surface area contributed by atoms with Crippen molar-refractivity contribution in [2.75, 3.05) is 0 Å². The predicted molar refractivity (Wildman–Crippen MR) is 49.1 cm³/mol. The van der Waals surface area contributed by atoms with Gasteiger partial charge in [-0.25, -0.2) is 4.39 Å². The standard InChI is InChI=1S/C9H12FNS/c1-6-8(2-3-12-6)9(10)4-7(11)5-9/h2-3,7H,4-5,11H2,1H3. The molecular formula is C9H12FNS. The van der Waals surface area contributed by atoms with Crippen molar-refractivity contribution in [1.29, 1.82) is 0 Å². The van der Waals surface area contributed by atoms with Crippen LogP contribution in [-0.4, -0.2) is 6.04 Å². The van der Waals surface area contributed by atoms with Gasteiger partial charge in [0.15, 0.2) is 0 Å². The molecule has 2 N–H and O–H groups in total. The molecule has 0 amide bonds. The van der Waals surface area contributed by atoms with Crippen LogP contribution < -0.4 is 5.73 Å². The molecule has 1 aliphatic carbocycles. The first kappa shape index (κ1) is 8.20. The molecule has 0 radical (unpaired) electrons. The van der Waals surface area contributed by atoms with Crippen molar-refractivity contribution in [2.45, 2.75) is 31.5 Å². The average Bonchev–Trinajstić information content (AvgIpc) is 2.32. The quantitative estimate of drug-likeness (QED) is 0.714. The highest BCUT2D eigenvalue weighted by molar-refractivity contribution is 7.10. The van der Waals surface area contributed by atoms with Crippen LogP contribution in [0, 0.1) is 6.92 Å². The topological polar surface area (TPSA) is 26.0 Å². The Kier molecular flexibility index (Phi) is 1.73. The summed E-state index contributed by atoms with van der Waals surface area (Å²) in [7, 11) is 0. The Hall–Kier alpha value is -0.410. The fraction of sp³-hybridized carbons (Fsp3) is 0.556. The van der Waals surface area contributed by atoms with E-state index in [-0.39, 0.29) is 6.04 Å². The van der Waals surface area contributed by atoms with Crippen molar-refractivity contribution in [3.63, 3.8) is 0 Å². The van der Waals surface area contributed by atoms with E-state index >= 15 is 0 Å². The van der Waals surface area contributed by atoms with Crippen molar-refractivity contribution in [1.82, 2.24) is 0 Å². The van der Waals surface area contributed by atoms with Gasteiger partial charge in [-0.2, -0.15) is 0 Å². The zero-order valence-electron chi connectivity index (χ0n) is 7.01. The summed E-state index contributed by atoms with van der Waals surface area (Å²) in [5.41, 5.74) is 5.32. The minimum Gasteiger partial charge on any atom is -0.327 e. The molecule has 0 atom stereocenters. The number of hydrogen-bond acceptors (Lipinski definition) is 2. The van der Waals surface area contributed by atoms with E-state index < -0.39 is 5.67 Å². The molecule has 12 heavy (non-hydrogen) atoms. The third-order valence-corrected chi connectivity index (χ3v) is 3.36. The van der Waals surface area contributed by atoms with Crippen LogP contribution in [0.5, 0.6) is 0 Å². The van der Waals surface area contributed by atoms with E-state index in [1.54, 1.807) is 11.3 Å². The second-order valence-corrected chi connectivity index (χ2v) is 4.64. The highest BCUT2D eigenvalue weighted by Crippen LogP contribution is 2.46. The summed E-state index contributed by atoms with van der Waals surface area (Å²) < 4.78 is 13.9. The molecule has 1 heterocycles. The Bertz CT molecular complexity index is 288. The molecule has 1 saturated carbocycles. The normalized spacial score (nSPS) is 34.8. The van der Waals surface area contributed by atoms with Gasteiger partial charge in [0, 0.05) is 29.3 Å². The van der Waals surface area contributed by atoms with E-state index in [1.807, 2.05) is 18.4 Å². The number of halogens is 1. The lowest BCUT2D eigenvalue weighted by Gasteiger charge is -2.39. The van der Waals surface area contributed by atoms with Gasteiger partial charge in [0.25, 0.3) is 0 Å². The molecule has 0 aliphatic heterocycles. The van der Waals surface area contributed by atoms with Crippen LogP contribution in [0.15, 0.2) is 11.4 Å². The third kappa shape index (κ3) is 1.08. The van der Waals surface area contributed by atoms with Crippen molar-refractivity contribution in [3.8, 4) is 0 Å². The van der Waals surface area contributed by atoms with Crippen LogP contribution in [0.3, 0.4) is 0 Å². The first-order chi connectivity index (χ1) is 5.62. The Morgan fingerprint density at radius 1 is 1.67 bits per heavy atom. The molecule has 3 heteroatoms. The minimum absolute atomic E-state index is 0.0642. The van der Waals surface area contributed by atoms with Crippen LogP contribution in [0.2, 0.25) is 0 Å². The second kappa shape index (κ2) is 2.54. The van der Waals surface area contributed by atoms with Gasteiger partial charge in [-0.1, -0.05) is 0 Å². The van der Waals surface area contributed by atoms with Crippen molar-refractivity contribution in [2.24, 2.45) is 5.73 Å². The first-order valence-electron chi connectivity index (χ1n) is 4.11.